The lowest BCUT2D eigenvalue weighted by atomic mass is 9.99. The molecule has 1 unspecified atom stereocenters. The second kappa shape index (κ2) is 6.93. The summed E-state index contributed by atoms with van der Waals surface area (Å²) in [4.78, 5) is 0. The first-order chi connectivity index (χ1) is 10.6. The van der Waals surface area contributed by atoms with E-state index in [1.54, 1.807) is 22.6 Å². The molecule has 0 saturated heterocycles. The zero-order valence-electron chi connectivity index (χ0n) is 11.4. The molecule has 0 bridgehead atoms. The first kappa shape index (κ1) is 21.4. The number of benzene rings is 1. The molecule has 5 nitrogen and oxygen atoms in total. The molecule has 0 aliphatic carbocycles. The van der Waals surface area contributed by atoms with Gasteiger partial charge in [-0.15, -0.1) is 0 Å². The van der Waals surface area contributed by atoms with Crippen LogP contribution in [0.3, 0.4) is 0 Å². The Balaban J connectivity index is 3.42. The summed E-state index contributed by atoms with van der Waals surface area (Å²) in [6, 6.07) is 4.89. The minimum absolute atomic E-state index is 0.352. The number of nitrogens with one attached hydrogen (secondary N) is 1. The van der Waals surface area contributed by atoms with Gasteiger partial charge in [-0.3, -0.25) is 9.87 Å². The molecule has 138 valence electrons. The van der Waals surface area contributed by atoms with Gasteiger partial charge in [-0.2, -0.15) is 34.8 Å². The summed E-state index contributed by atoms with van der Waals surface area (Å²) in [7, 11) is -5.70. The molecule has 1 atom stereocenters. The van der Waals surface area contributed by atoms with E-state index in [2.05, 4.69) is 0 Å². The summed E-state index contributed by atoms with van der Waals surface area (Å²) in [5, 5.41) is 10.6. The van der Waals surface area contributed by atoms with Crippen molar-refractivity contribution >= 4 is 32.7 Å². The van der Waals surface area contributed by atoms with Crippen LogP contribution in [0.5, 0.6) is 0 Å². The van der Waals surface area contributed by atoms with Gasteiger partial charge < -0.3 is 5.11 Å². The van der Waals surface area contributed by atoms with Gasteiger partial charge in [0.25, 0.3) is 10.1 Å². The zero-order valence-corrected chi connectivity index (χ0v) is 14.3. The fraction of sp³-hybridized carbons (Fsp3) is 0.455. The van der Waals surface area contributed by atoms with E-state index in [4.69, 9.17) is 4.55 Å². The third kappa shape index (κ3) is 4.93. The fourth-order valence-corrected chi connectivity index (χ4v) is 3.32. The molecule has 1 rings (SSSR count). The maximum Gasteiger partial charge on any atom is 0.416 e. The number of alkyl halides is 6. The summed E-state index contributed by atoms with van der Waals surface area (Å²) in [5.74, 6) is -2.74. The van der Waals surface area contributed by atoms with E-state index in [-0.39, 0.29) is 5.56 Å². The van der Waals surface area contributed by atoms with E-state index in [1.807, 2.05) is 0 Å². The molecule has 0 aromatic heterocycles. The molecule has 13 heteroatoms. The van der Waals surface area contributed by atoms with Crippen LogP contribution in [-0.4, -0.2) is 41.7 Å². The van der Waals surface area contributed by atoms with Gasteiger partial charge in [0.05, 0.1) is 0 Å². The van der Waals surface area contributed by atoms with Gasteiger partial charge in [-0.05, 0) is 40.3 Å². The Morgan fingerprint density at radius 3 is 2.00 bits per heavy atom. The van der Waals surface area contributed by atoms with Crippen molar-refractivity contribution in [2.45, 2.75) is 24.1 Å². The number of hydrogen-bond donors (Lipinski definition) is 3. The smallest absolute Gasteiger partial charge is 0.374 e. The summed E-state index contributed by atoms with van der Waals surface area (Å²) in [5.41, 5.74) is -5.41. The van der Waals surface area contributed by atoms with E-state index in [0.717, 1.165) is 17.4 Å². The predicted octanol–water partition coefficient (Wildman–Crippen LogP) is 2.62. The monoisotopic (exact) mass is 493 g/mol. The quantitative estimate of drug-likeness (QED) is 0.254. The number of rotatable bonds is 5. The molecule has 24 heavy (non-hydrogen) atoms. The van der Waals surface area contributed by atoms with Crippen molar-refractivity contribution in [1.82, 2.24) is 5.32 Å². The van der Waals surface area contributed by atoms with Crippen molar-refractivity contribution in [3.05, 3.63) is 33.4 Å². The molecular weight excluding hydrogens is 483 g/mol. The van der Waals surface area contributed by atoms with E-state index in [1.165, 1.54) is 12.1 Å². The first-order valence-electron chi connectivity index (χ1n) is 5.89. The number of aliphatic hydroxyl groups is 1. The number of hydrogen-bond acceptors (Lipinski definition) is 4. The van der Waals surface area contributed by atoms with E-state index in [0.29, 0.717) is 3.57 Å². The van der Waals surface area contributed by atoms with Gasteiger partial charge in [0.15, 0.2) is 0 Å². The Morgan fingerprint density at radius 1 is 1.12 bits per heavy atom. The third-order valence-electron chi connectivity index (χ3n) is 2.91. The molecule has 0 aliphatic heterocycles. The summed E-state index contributed by atoms with van der Waals surface area (Å²) < 4.78 is 109. The lowest BCUT2D eigenvalue weighted by molar-refractivity contribution is -0.307. The second-order valence-electron chi connectivity index (χ2n) is 4.73. The van der Waals surface area contributed by atoms with E-state index in [9.17, 15) is 39.9 Å². The Bertz CT molecular complexity index is 676. The number of halogens is 7. The van der Waals surface area contributed by atoms with Crippen molar-refractivity contribution in [1.29, 1.82) is 0 Å². The normalized spacial score (nSPS) is 15.4. The fourth-order valence-electron chi connectivity index (χ4n) is 1.80. The molecular formula is C11H10F6INO4S. The average Bonchev–Trinajstić information content (AvgIpc) is 2.33. The highest BCUT2D eigenvalue weighted by molar-refractivity contribution is 14.1. The summed E-state index contributed by atoms with van der Waals surface area (Å²) >= 11 is 1.71. The van der Waals surface area contributed by atoms with Crippen molar-refractivity contribution in [2.24, 2.45) is 0 Å². The average molecular weight is 493 g/mol. The van der Waals surface area contributed by atoms with Gasteiger partial charge in [-0.25, -0.2) is 0 Å². The lowest BCUT2D eigenvalue weighted by Crippen LogP contribution is -2.70. The van der Waals surface area contributed by atoms with Crippen LogP contribution in [0, 0.1) is 3.57 Å². The third-order valence-corrected chi connectivity index (χ3v) is 4.38. The Labute approximate surface area is 145 Å². The lowest BCUT2D eigenvalue weighted by Gasteiger charge is -2.38. The van der Waals surface area contributed by atoms with Crippen LogP contribution < -0.4 is 5.32 Å². The maximum absolute atomic E-state index is 13.1. The summed E-state index contributed by atoms with van der Waals surface area (Å²) in [6.45, 7) is 0. The van der Waals surface area contributed by atoms with Gasteiger partial charge >= 0.3 is 12.4 Å². The molecule has 0 radical (unpaired) electrons. The van der Waals surface area contributed by atoms with E-state index >= 15 is 0 Å². The number of aliphatic hydroxyl groups excluding tert-OH is 1. The SMILES string of the molecule is O=S(=O)(O)CC(NC(O)c1cccc(I)c1)(C(F)(F)F)C(F)(F)F. The highest BCUT2D eigenvalue weighted by Gasteiger charge is 2.73. The van der Waals surface area contributed by atoms with Crippen LogP contribution in [-0.2, 0) is 10.1 Å². The van der Waals surface area contributed by atoms with Crippen LogP contribution in [0.25, 0.3) is 0 Å². The minimum atomic E-state index is -6.18. The molecule has 0 fully saturated rings. The Kier molecular flexibility index (Phi) is 6.18. The summed E-state index contributed by atoms with van der Waals surface area (Å²) in [6.07, 6.45) is -14.8. The highest BCUT2D eigenvalue weighted by Crippen LogP contribution is 2.45. The standard InChI is InChI=1S/C11H10F6INO4S/c12-10(13,14)9(11(15,16)17,5-24(21,22)23)19-8(20)6-2-1-3-7(18)4-6/h1-4,8,19-20H,5H2,(H,21,22,23). The van der Waals surface area contributed by atoms with Crippen LogP contribution in [0.1, 0.15) is 11.8 Å². The van der Waals surface area contributed by atoms with Crippen molar-refractivity contribution in [3.63, 3.8) is 0 Å². The molecule has 0 amide bonds. The van der Waals surface area contributed by atoms with Crippen molar-refractivity contribution in [3.8, 4) is 0 Å². The van der Waals surface area contributed by atoms with Crippen LogP contribution in [0.2, 0.25) is 0 Å². The topological polar surface area (TPSA) is 86.6 Å². The molecule has 1 aromatic rings. The van der Waals surface area contributed by atoms with Crippen molar-refractivity contribution < 1.29 is 44.4 Å². The largest absolute Gasteiger partial charge is 0.416 e. The van der Waals surface area contributed by atoms with Gasteiger partial charge in [0.2, 0.25) is 5.54 Å². The second-order valence-corrected chi connectivity index (χ2v) is 7.43. The highest BCUT2D eigenvalue weighted by atomic mass is 127. The maximum atomic E-state index is 13.1. The van der Waals surface area contributed by atoms with Crippen molar-refractivity contribution in [2.75, 3.05) is 5.75 Å². The Morgan fingerprint density at radius 2 is 1.62 bits per heavy atom. The van der Waals surface area contributed by atoms with E-state index < -0.39 is 40.0 Å². The molecule has 0 aliphatic rings. The van der Waals surface area contributed by atoms with Crippen LogP contribution in [0.15, 0.2) is 24.3 Å². The van der Waals surface area contributed by atoms with Crippen LogP contribution >= 0.6 is 22.6 Å². The van der Waals surface area contributed by atoms with Gasteiger partial charge in [-0.1, -0.05) is 12.1 Å². The minimum Gasteiger partial charge on any atom is -0.374 e. The predicted molar refractivity (Wildman–Crippen MR) is 78.5 cm³/mol. The molecule has 0 heterocycles. The molecule has 0 spiro atoms. The molecule has 1 aromatic carbocycles. The van der Waals surface area contributed by atoms with Crippen LogP contribution in [0.4, 0.5) is 26.3 Å². The van der Waals surface area contributed by atoms with Gasteiger partial charge in [0.1, 0.15) is 12.0 Å². The Hall–Kier alpha value is -0.640. The van der Waals surface area contributed by atoms with Gasteiger partial charge in [0, 0.05) is 3.57 Å². The zero-order chi connectivity index (χ0) is 19.0. The molecule has 0 saturated carbocycles. The molecule has 3 N–H and O–H groups in total. The first-order valence-corrected chi connectivity index (χ1v) is 8.58.